The Morgan fingerprint density at radius 1 is 1.38 bits per heavy atom. The van der Waals surface area contributed by atoms with Gasteiger partial charge in [-0.25, -0.2) is 0 Å². The summed E-state index contributed by atoms with van der Waals surface area (Å²) in [5, 5.41) is 0. The predicted octanol–water partition coefficient (Wildman–Crippen LogP) is -1.85. The molecule has 8 heavy (non-hydrogen) atoms. The van der Waals surface area contributed by atoms with Gasteiger partial charge in [-0.2, -0.15) is 0 Å². The third kappa shape index (κ3) is 2.02. The van der Waals surface area contributed by atoms with Crippen molar-refractivity contribution in [3.8, 4) is 0 Å². The highest BCUT2D eigenvalue weighted by atomic mass is 16.1. The van der Waals surface area contributed by atoms with Crippen molar-refractivity contribution in [2.24, 2.45) is 17.2 Å². The SMILES string of the molecule is CC(=O)C(N)C(N)N. The number of nitrogens with two attached hydrogens (primary N) is 3. The number of hydrogen-bond acceptors (Lipinski definition) is 4. The first kappa shape index (κ1) is 7.55. The summed E-state index contributed by atoms with van der Waals surface area (Å²) in [6.07, 6.45) is -0.729. The summed E-state index contributed by atoms with van der Waals surface area (Å²) in [5.74, 6) is -0.181. The van der Waals surface area contributed by atoms with Crippen molar-refractivity contribution in [2.45, 2.75) is 19.1 Å². The molecule has 0 saturated heterocycles. The van der Waals surface area contributed by atoms with Crippen LogP contribution in [-0.4, -0.2) is 18.0 Å². The molecule has 1 unspecified atom stereocenters. The van der Waals surface area contributed by atoms with E-state index in [-0.39, 0.29) is 5.78 Å². The first-order valence-corrected chi connectivity index (χ1v) is 2.33. The van der Waals surface area contributed by atoms with Crippen molar-refractivity contribution in [1.82, 2.24) is 0 Å². The van der Waals surface area contributed by atoms with Gasteiger partial charge in [-0.3, -0.25) is 4.79 Å². The summed E-state index contributed by atoms with van der Waals surface area (Å²) < 4.78 is 0. The van der Waals surface area contributed by atoms with Gasteiger partial charge in [0.2, 0.25) is 0 Å². The van der Waals surface area contributed by atoms with Crippen molar-refractivity contribution in [2.75, 3.05) is 0 Å². The molecule has 0 saturated carbocycles. The third-order valence-electron chi connectivity index (χ3n) is 0.884. The first-order valence-electron chi connectivity index (χ1n) is 2.33. The molecule has 0 fully saturated rings. The molecule has 6 N–H and O–H groups in total. The number of Topliss-reactive ketones (excluding diaryl/α,β-unsaturated/α-hetero) is 1. The molecule has 0 aliphatic carbocycles. The van der Waals surface area contributed by atoms with Crippen LogP contribution in [0, 0.1) is 0 Å². The van der Waals surface area contributed by atoms with Gasteiger partial charge in [0.25, 0.3) is 0 Å². The van der Waals surface area contributed by atoms with Crippen LogP contribution in [0.5, 0.6) is 0 Å². The Hall–Kier alpha value is -0.450. The van der Waals surface area contributed by atoms with E-state index in [9.17, 15) is 4.79 Å². The summed E-state index contributed by atoms with van der Waals surface area (Å²) in [4.78, 5) is 10.3. The molecule has 0 radical (unpaired) electrons. The number of rotatable bonds is 2. The summed E-state index contributed by atoms with van der Waals surface area (Å²) in [5.41, 5.74) is 15.3. The van der Waals surface area contributed by atoms with E-state index in [1.165, 1.54) is 6.92 Å². The Morgan fingerprint density at radius 3 is 1.75 bits per heavy atom. The minimum Gasteiger partial charge on any atom is -0.319 e. The van der Waals surface area contributed by atoms with Crippen LogP contribution in [0.2, 0.25) is 0 Å². The Bertz CT molecular complexity index is 91.3. The number of ketones is 1. The average Bonchev–Trinajstić information content (AvgIpc) is 1.64. The van der Waals surface area contributed by atoms with E-state index in [1.54, 1.807) is 0 Å². The van der Waals surface area contributed by atoms with Crippen LogP contribution in [0.3, 0.4) is 0 Å². The summed E-state index contributed by atoms with van der Waals surface area (Å²) >= 11 is 0. The zero-order valence-electron chi connectivity index (χ0n) is 4.79. The molecule has 0 spiro atoms. The summed E-state index contributed by atoms with van der Waals surface area (Å²) in [6.45, 7) is 1.36. The maximum atomic E-state index is 10.3. The molecule has 4 nitrogen and oxygen atoms in total. The van der Waals surface area contributed by atoms with E-state index in [2.05, 4.69) is 0 Å². The van der Waals surface area contributed by atoms with Gasteiger partial charge in [0.1, 0.15) is 5.78 Å². The lowest BCUT2D eigenvalue weighted by Crippen LogP contribution is -2.51. The van der Waals surface area contributed by atoms with Gasteiger partial charge in [-0.15, -0.1) is 0 Å². The molecule has 0 aliphatic rings. The molecular weight excluding hydrogens is 106 g/mol. The second-order valence-electron chi connectivity index (χ2n) is 1.71. The molecule has 0 amide bonds. The van der Waals surface area contributed by atoms with Crippen LogP contribution in [0.15, 0.2) is 0 Å². The fourth-order valence-corrected chi connectivity index (χ4v) is 0.271. The highest BCUT2D eigenvalue weighted by Gasteiger charge is 2.11. The fourth-order valence-electron chi connectivity index (χ4n) is 0.271. The molecule has 0 aromatic rings. The second kappa shape index (κ2) is 2.76. The number of carbonyl (C=O) groups is 1. The van der Waals surface area contributed by atoms with Crippen molar-refractivity contribution in [1.29, 1.82) is 0 Å². The van der Waals surface area contributed by atoms with Crippen LogP contribution in [0.1, 0.15) is 6.92 Å². The fraction of sp³-hybridized carbons (Fsp3) is 0.750. The average molecular weight is 117 g/mol. The number of carbonyl (C=O) groups excluding carboxylic acids is 1. The van der Waals surface area contributed by atoms with E-state index in [4.69, 9.17) is 17.2 Å². The zero-order valence-corrected chi connectivity index (χ0v) is 4.79. The smallest absolute Gasteiger partial charge is 0.149 e. The first-order chi connectivity index (χ1) is 3.55. The van der Waals surface area contributed by atoms with Crippen LogP contribution < -0.4 is 17.2 Å². The topological polar surface area (TPSA) is 95.1 Å². The van der Waals surface area contributed by atoms with Gasteiger partial charge in [0, 0.05) is 0 Å². The Balaban J connectivity index is 3.64. The second-order valence-corrected chi connectivity index (χ2v) is 1.71. The maximum absolute atomic E-state index is 10.3. The number of hydrogen-bond donors (Lipinski definition) is 3. The van der Waals surface area contributed by atoms with Crippen molar-refractivity contribution < 1.29 is 4.79 Å². The van der Waals surface area contributed by atoms with Crippen molar-refractivity contribution in [3.63, 3.8) is 0 Å². The van der Waals surface area contributed by atoms with Gasteiger partial charge >= 0.3 is 0 Å². The highest BCUT2D eigenvalue weighted by Crippen LogP contribution is 1.78. The Labute approximate surface area is 48.0 Å². The molecular formula is C4H11N3O. The van der Waals surface area contributed by atoms with Gasteiger partial charge in [0.05, 0.1) is 12.2 Å². The van der Waals surface area contributed by atoms with Gasteiger partial charge in [0.15, 0.2) is 0 Å². The largest absolute Gasteiger partial charge is 0.319 e. The van der Waals surface area contributed by atoms with Crippen molar-refractivity contribution >= 4 is 5.78 Å². The summed E-state index contributed by atoms with van der Waals surface area (Å²) in [7, 11) is 0. The van der Waals surface area contributed by atoms with E-state index in [0.717, 1.165) is 0 Å². The highest BCUT2D eigenvalue weighted by molar-refractivity contribution is 5.81. The van der Waals surface area contributed by atoms with Gasteiger partial charge in [-0.1, -0.05) is 0 Å². The molecule has 0 rings (SSSR count). The predicted molar refractivity (Wildman–Crippen MR) is 30.8 cm³/mol. The molecule has 4 heteroatoms. The third-order valence-corrected chi connectivity index (χ3v) is 0.884. The lowest BCUT2D eigenvalue weighted by atomic mass is 10.2. The van der Waals surface area contributed by atoms with E-state index in [0.29, 0.717) is 0 Å². The standard InChI is InChI=1S/C4H11N3O/c1-2(8)3(5)4(6)7/h3-4H,5-7H2,1H3. The quantitative estimate of drug-likeness (QED) is 0.370. The minimum absolute atomic E-state index is 0.181. The monoisotopic (exact) mass is 117 g/mol. The van der Waals surface area contributed by atoms with E-state index >= 15 is 0 Å². The molecule has 1 atom stereocenters. The Morgan fingerprint density at radius 2 is 1.75 bits per heavy atom. The van der Waals surface area contributed by atoms with Gasteiger partial charge < -0.3 is 17.2 Å². The Kier molecular flexibility index (Phi) is 2.60. The normalized spacial score (nSPS) is 14.1. The lowest BCUT2D eigenvalue weighted by molar-refractivity contribution is -0.118. The van der Waals surface area contributed by atoms with E-state index in [1.807, 2.05) is 0 Å². The van der Waals surface area contributed by atoms with Gasteiger partial charge in [-0.05, 0) is 6.92 Å². The molecule has 0 aromatic heterocycles. The maximum Gasteiger partial charge on any atom is 0.149 e. The summed E-state index contributed by atoms with van der Waals surface area (Å²) in [6, 6.07) is -0.713. The zero-order chi connectivity index (χ0) is 6.73. The van der Waals surface area contributed by atoms with Crippen LogP contribution in [-0.2, 0) is 4.79 Å². The van der Waals surface area contributed by atoms with Crippen LogP contribution >= 0.6 is 0 Å². The molecule has 0 heterocycles. The van der Waals surface area contributed by atoms with Crippen LogP contribution in [0.4, 0.5) is 0 Å². The molecule has 48 valence electrons. The van der Waals surface area contributed by atoms with Crippen LogP contribution in [0.25, 0.3) is 0 Å². The lowest BCUT2D eigenvalue weighted by Gasteiger charge is -2.09. The minimum atomic E-state index is -0.729. The molecule has 0 aromatic carbocycles. The molecule has 0 bridgehead atoms. The van der Waals surface area contributed by atoms with E-state index < -0.39 is 12.2 Å². The van der Waals surface area contributed by atoms with Crippen molar-refractivity contribution in [3.05, 3.63) is 0 Å². The molecule has 0 aliphatic heterocycles.